The molecule has 1 atom stereocenters. The Morgan fingerprint density at radius 3 is 2.39 bits per heavy atom. The van der Waals surface area contributed by atoms with Crippen LogP contribution in [-0.4, -0.2) is 29.1 Å². The van der Waals surface area contributed by atoms with Crippen molar-refractivity contribution in [1.29, 1.82) is 0 Å². The van der Waals surface area contributed by atoms with Crippen molar-refractivity contribution in [2.45, 2.75) is 43.4 Å². The molecule has 0 bridgehead atoms. The fourth-order valence-corrected chi connectivity index (χ4v) is 4.14. The molecule has 2 heterocycles. The van der Waals surface area contributed by atoms with Crippen LogP contribution < -0.4 is 10.9 Å². The number of hydrogen-bond donors (Lipinski definition) is 1. The van der Waals surface area contributed by atoms with E-state index in [1.54, 1.807) is 26.1 Å². The predicted octanol–water partition coefficient (Wildman–Crippen LogP) is 3.16. The van der Waals surface area contributed by atoms with Gasteiger partial charge in [-0.3, -0.25) is 9.59 Å². The van der Waals surface area contributed by atoms with Crippen LogP contribution in [-0.2, 0) is 21.1 Å². The lowest BCUT2D eigenvalue weighted by Crippen LogP contribution is -2.35. The van der Waals surface area contributed by atoms with Crippen LogP contribution in [0, 0.1) is 6.92 Å². The summed E-state index contributed by atoms with van der Waals surface area (Å²) < 4.78 is 26.1. The Morgan fingerprint density at radius 2 is 1.81 bits per heavy atom. The molecule has 31 heavy (non-hydrogen) atoms. The molecule has 2 aromatic heterocycles. The third-order valence-corrected chi connectivity index (χ3v) is 7.09. The molecule has 0 saturated heterocycles. The van der Waals surface area contributed by atoms with Gasteiger partial charge in [-0.1, -0.05) is 36.4 Å². The van der Waals surface area contributed by atoms with Crippen molar-refractivity contribution in [2.75, 3.05) is 5.32 Å². The molecule has 162 valence electrons. The number of hydrogen-bond acceptors (Lipinski definition) is 5. The van der Waals surface area contributed by atoms with Gasteiger partial charge in [0.25, 0.3) is 5.56 Å². The lowest BCUT2D eigenvalue weighted by atomic mass is 10.0. The first kappa shape index (κ1) is 22.4. The maximum absolute atomic E-state index is 13.1. The number of carbonyl (C=O) groups excluding carboxylic acids is 1. The fourth-order valence-electron chi connectivity index (χ4n) is 3.08. The molecule has 3 aromatic rings. The number of rotatable bonds is 7. The summed E-state index contributed by atoms with van der Waals surface area (Å²) in [7, 11) is -3.60. The molecular weight excluding hydrogens is 414 g/mol. The number of nitrogens with zero attached hydrogens (tertiary/aromatic N) is 2. The Balaban J connectivity index is 1.98. The monoisotopic (exact) mass is 439 g/mol. The van der Waals surface area contributed by atoms with Gasteiger partial charge in [-0.25, -0.2) is 13.4 Å². The molecule has 0 saturated carbocycles. The van der Waals surface area contributed by atoms with Crippen molar-refractivity contribution in [3.63, 3.8) is 0 Å². The Morgan fingerprint density at radius 1 is 1.10 bits per heavy atom. The van der Waals surface area contributed by atoms with Crippen LogP contribution in [0.25, 0.3) is 0 Å². The quantitative estimate of drug-likeness (QED) is 0.610. The summed E-state index contributed by atoms with van der Waals surface area (Å²) in [6.07, 6.45) is 3.27. The molecule has 0 aliphatic rings. The minimum Gasteiger partial charge on any atom is -0.309 e. The SMILES string of the molecule is Cc1ccc(NC(=O)[C@H](Cc2ccccc2)n2ccc(S(=O)(=O)C(C)C)cc2=O)nc1. The Bertz CT molecular complexity index is 1220. The highest BCUT2D eigenvalue weighted by molar-refractivity contribution is 7.92. The zero-order valence-corrected chi connectivity index (χ0v) is 18.5. The third-order valence-electron chi connectivity index (χ3n) is 4.94. The molecule has 1 N–H and O–H groups in total. The second-order valence-electron chi connectivity index (χ2n) is 7.62. The van der Waals surface area contributed by atoms with Crippen LogP contribution in [0.4, 0.5) is 5.82 Å². The lowest BCUT2D eigenvalue weighted by Gasteiger charge is -2.20. The maximum Gasteiger partial charge on any atom is 0.252 e. The van der Waals surface area contributed by atoms with Gasteiger partial charge in [0, 0.05) is 24.9 Å². The molecule has 0 aliphatic heterocycles. The van der Waals surface area contributed by atoms with Crippen LogP contribution in [0.3, 0.4) is 0 Å². The van der Waals surface area contributed by atoms with E-state index < -0.39 is 32.6 Å². The van der Waals surface area contributed by atoms with E-state index in [-0.39, 0.29) is 11.3 Å². The molecule has 3 rings (SSSR count). The van der Waals surface area contributed by atoms with Crippen molar-refractivity contribution in [3.05, 3.63) is 88.5 Å². The normalized spacial score (nSPS) is 12.5. The van der Waals surface area contributed by atoms with Gasteiger partial charge < -0.3 is 9.88 Å². The van der Waals surface area contributed by atoms with Gasteiger partial charge in [-0.15, -0.1) is 0 Å². The summed E-state index contributed by atoms with van der Waals surface area (Å²) in [5, 5.41) is 2.10. The van der Waals surface area contributed by atoms with E-state index in [1.807, 2.05) is 43.3 Å². The number of carbonyl (C=O) groups is 1. The van der Waals surface area contributed by atoms with E-state index in [0.29, 0.717) is 5.82 Å². The second-order valence-corrected chi connectivity index (χ2v) is 10.1. The molecule has 0 radical (unpaired) electrons. The average molecular weight is 440 g/mol. The predicted molar refractivity (Wildman–Crippen MR) is 120 cm³/mol. The van der Waals surface area contributed by atoms with Crippen LogP contribution >= 0.6 is 0 Å². The van der Waals surface area contributed by atoms with Crippen LogP contribution in [0.15, 0.2) is 76.7 Å². The van der Waals surface area contributed by atoms with E-state index in [0.717, 1.165) is 17.2 Å². The molecule has 0 aliphatic carbocycles. The Hall–Kier alpha value is -3.26. The minimum absolute atomic E-state index is 0.0529. The smallest absolute Gasteiger partial charge is 0.252 e. The fraction of sp³-hybridized carbons (Fsp3) is 0.261. The van der Waals surface area contributed by atoms with Crippen molar-refractivity contribution >= 4 is 21.6 Å². The highest BCUT2D eigenvalue weighted by Gasteiger charge is 2.25. The standard InChI is InChI=1S/C23H25N3O4S/c1-16(2)31(29,30)19-11-12-26(22(27)14-19)20(13-18-7-5-4-6-8-18)23(28)25-21-10-9-17(3)15-24-21/h4-12,14-16,20H,13H2,1-3H3,(H,24,25,28)/t20-/m0/s1. The summed E-state index contributed by atoms with van der Waals surface area (Å²) in [5.41, 5.74) is 1.26. The molecule has 0 unspecified atom stereocenters. The molecule has 1 aromatic carbocycles. The zero-order valence-electron chi connectivity index (χ0n) is 17.6. The van der Waals surface area contributed by atoms with Crippen molar-refractivity contribution < 1.29 is 13.2 Å². The van der Waals surface area contributed by atoms with E-state index in [1.165, 1.54) is 16.8 Å². The second kappa shape index (κ2) is 9.26. The number of sulfone groups is 1. The Kier molecular flexibility index (Phi) is 6.70. The first-order chi connectivity index (χ1) is 14.7. The molecule has 0 spiro atoms. The number of aromatic nitrogens is 2. The van der Waals surface area contributed by atoms with Gasteiger partial charge in [0.1, 0.15) is 11.9 Å². The van der Waals surface area contributed by atoms with Crippen molar-refractivity contribution in [2.24, 2.45) is 0 Å². The molecule has 0 fully saturated rings. The summed E-state index contributed by atoms with van der Waals surface area (Å²) in [6, 6.07) is 14.4. The number of anilines is 1. The van der Waals surface area contributed by atoms with Gasteiger partial charge in [0.05, 0.1) is 10.1 Å². The van der Waals surface area contributed by atoms with Crippen molar-refractivity contribution in [1.82, 2.24) is 9.55 Å². The van der Waals surface area contributed by atoms with Gasteiger partial charge in [0.2, 0.25) is 5.91 Å². The third kappa shape index (κ3) is 5.27. The van der Waals surface area contributed by atoms with Gasteiger partial charge in [0.15, 0.2) is 9.84 Å². The molecular formula is C23H25N3O4S. The number of aryl methyl sites for hydroxylation is 1. The lowest BCUT2D eigenvalue weighted by molar-refractivity contribution is -0.119. The van der Waals surface area contributed by atoms with E-state index in [9.17, 15) is 18.0 Å². The summed E-state index contributed by atoms with van der Waals surface area (Å²) in [6.45, 7) is 5.01. The highest BCUT2D eigenvalue weighted by atomic mass is 32.2. The number of benzene rings is 1. The summed E-state index contributed by atoms with van der Waals surface area (Å²) in [5.74, 6) is -0.0394. The van der Waals surface area contributed by atoms with E-state index in [4.69, 9.17) is 0 Å². The maximum atomic E-state index is 13.1. The van der Waals surface area contributed by atoms with Gasteiger partial charge >= 0.3 is 0 Å². The largest absolute Gasteiger partial charge is 0.309 e. The average Bonchev–Trinajstić information content (AvgIpc) is 2.74. The number of amides is 1. The highest BCUT2D eigenvalue weighted by Crippen LogP contribution is 2.18. The summed E-state index contributed by atoms with van der Waals surface area (Å²) >= 11 is 0. The topological polar surface area (TPSA) is 98.1 Å². The number of nitrogens with one attached hydrogen (secondary N) is 1. The molecule has 8 heteroatoms. The molecule has 7 nitrogen and oxygen atoms in total. The zero-order chi connectivity index (χ0) is 22.6. The van der Waals surface area contributed by atoms with Crippen LogP contribution in [0.5, 0.6) is 0 Å². The first-order valence-electron chi connectivity index (χ1n) is 9.92. The van der Waals surface area contributed by atoms with Crippen LogP contribution in [0.2, 0.25) is 0 Å². The first-order valence-corrected chi connectivity index (χ1v) is 11.5. The van der Waals surface area contributed by atoms with E-state index in [2.05, 4.69) is 10.3 Å². The number of pyridine rings is 2. The van der Waals surface area contributed by atoms with Crippen LogP contribution in [0.1, 0.15) is 31.0 Å². The Labute approximate surface area is 181 Å². The van der Waals surface area contributed by atoms with Gasteiger partial charge in [-0.05, 0) is 44.0 Å². The minimum atomic E-state index is -3.60. The summed E-state index contributed by atoms with van der Waals surface area (Å²) in [4.78, 5) is 30.1. The molecule has 1 amide bonds. The van der Waals surface area contributed by atoms with Gasteiger partial charge in [-0.2, -0.15) is 0 Å². The van der Waals surface area contributed by atoms with E-state index >= 15 is 0 Å². The van der Waals surface area contributed by atoms with Crippen molar-refractivity contribution in [3.8, 4) is 0 Å².